The molecule has 2 heterocycles. The van der Waals surface area contributed by atoms with Crippen LogP contribution in [-0.4, -0.2) is 155 Å². The third-order valence-electron chi connectivity index (χ3n) is 8.83. The summed E-state index contributed by atoms with van der Waals surface area (Å²) in [5.41, 5.74) is 0.806. The van der Waals surface area contributed by atoms with E-state index in [9.17, 15) is 49.8 Å². The molecule has 0 aromatic heterocycles. The van der Waals surface area contributed by atoms with Crippen LogP contribution in [0.3, 0.4) is 0 Å². The molecule has 11 unspecified atom stereocenters. The third kappa shape index (κ3) is 15.3. The highest BCUT2D eigenvalue weighted by atomic mass is 16.7. The van der Waals surface area contributed by atoms with Gasteiger partial charge in [0, 0.05) is 52.5 Å². The van der Waals surface area contributed by atoms with Crippen LogP contribution in [0.25, 0.3) is 0 Å². The van der Waals surface area contributed by atoms with Crippen molar-refractivity contribution in [2.75, 3.05) is 33.0 Å². The van der Waals surface area contributed by atoms with Gasteiger partial charge >= 0.3 is 0 Å². The Labute approximate surface area is 304 Å². The molecule has 0 aromatic carbocycles. The maximum absolute atomic E-state index is 12.6. The first-order valence-corrected chi connectivity index (χ1v) is 17.9. The molecule has 0 aromatic rings. The molecule has 0 bridgehead atoms. The summed E-state index contributed by atoms with van der Waals surface area (Å²) in [7, 11) is 0. The van der Waals surface area contributed by atoms with Crippen LogP contribution in [0.4, 0.5) is 0 Å². The van der Waals surface area contributed by atoms with Gasteiger partial charge in [0.2, 0.25) is 23.6 Å². The lowest BCUT2D eigenvalue weighted by Gasteiger charge is -2.42. The van der Waals surface area contributed by atoms with Crippen LogP contribution in [-0.2, 0) is 38.1 Å². The SMILES string of the molecule is C=C(C)C(CCCCNC(=O)CCCCOC1OC(CO)C(O)C(O)C1NC(C)=O)NC(=O)CCCCOC1OC(CO)C(O)C(O)C1NC(C)=O. The second-order valence-electron chi connectivity index (χ2n) is 13.3. The molecule has 2 fully saturated rings. The van der Waals surface area contributed by atoms with E-state index in [1.165, 1.54) is 13.8 Å². The zero-order chi connectivity index (χ0) is 38.8. The molecule has 2 saturated heterocycles. The highest BCUT2D eigenvalue weighted by Gasteiger charge is 2.46. The summed E-state index contributed by atoms with van der Waals surface area (Å²) in [5.74, 6) is -1.17. The minimum absolute atomic E-state index is 0.125. The van der Waals surface area contributed by atoms with Gasteiger partial charge < -0.3 is 70.9 Å². The highest BCUT2D eigenvalue weighted by Crippen LogP contribution is 2.24. The Morgan fingerprint density at radius 3 is 1.56 bits per heavy atom. The molecule has 0 radical (unpaired) electrons. The normalized spacial score (nSPS) is 29.5. The predicted octanol–water partition coefficient (Wildman–Crippen LogP) is -2.40. The summed E-state index contributed by atoms with van der Waals surface area (Å²) < 4.78 is 22.4. The van der Waals surface area contributed by atoms with E-state index in [2.05, 4.69) is 27.8 Å². The van der Waals surface area contributed by atoms with Gasteiger partial charge in [-0.15, -0.1) is 0 Å². The molecule has 300 valence electrons. The monoisotopic (exact) mass is 748 g/mol. The third-order valence-corrected chi connectivity index (χ3v) is 8.83. The van der Waals surface area contributed by atoms with Crippen molar-refractivity contribution in [1.29, 1.82) is 0 Å². The number of unbranched alkanes of at least 4 members (excludes halogenated alkanes) is 3. The average Bonchev–Trinajstić information content (AvgIpc) is 3.09. The maximum atomic E-state index is 12.6. The lowest BCUT2D eigenvalue weighted by molar-refractivity contribution is -0.270. The van der Waals surface area contributed by atoms with E-state index in [1.807, 2.05) is 6.92 Å². The van der Waals surface area contributed by atoms with Gasteiger partial charge in [0.25, 0.3) is 0 Å². The van der Waals surface area contributed by atoms with E-state index in [0.29, 0.717) is 45.1 Å². The van der Waals surface area contributed by atoms with Crippen molar-refractivity contribution in [3.8, 4) is 0 Å². The lowest BCUT2D eigenvalue weighted by atomic mass is 9.97. The van der Waals surface area contributed by atoms with E-state index in [1.54, 1.807) is 0 Å². The Kier molecular flexibility index (Phi) is 20.8. The number of carbonyl (C=O) groups is 4. The molecular formula is C34H60N4O14. The van der Waals surface area contributed by atoms with E-state index in [-0.39, 0.29) is 43.9 Å². The van der Waals surface area contributed by atoms with Crippen LogP contribution >= 0.6 is 0 Å². The van der Waals surface area contributed by atoms with Crippen molar-refractivity contribution in [2.45, 2.75) is 146 Å². The molecule has 52 heavy (non-hydrogen) atoms. The van der Waals surface area contributed by atoms with Gasteiger partial charge in [-0.2, -0.15) is 0 Å². The second-order valence-corrected chi connectivity index (χ2v) is 13.3. The molecule has 2 aliphatic rings. The first-order chi connectivity index (χ1) is 24.7. The standard InChI is InChI=1S/C34H60N4O14/c1-19(2)22(38-26(44)13-7-10-16-50-34-28(37-21(4)42)32(48)30(46)24(18-40)52-34)11-5-8-14-35-25(43)12-6-9-15-49-33-27(36-20(3)41)31(47)29(45)23(17-39)51-33/h22-24,27-34,39-40,45-48H,1,5-18H2,2-4H3,(H,35,43)(H,36,41)(H,37,42)(H,38,44). The van der Waals surface area contributed by atoms with E-state index in [4.69, 9.17) is 18.9 Å². The topological polar surface area (TPSA) is 275 Å². The Morgan fingerprint density at radius 1 is 0.673 bits per heavy atom. The zero-order valence-corrected chi connectivity index (χ0v) is 30.4. The van der Waals surface area contributed by atoms with Crippen LogP contribution in [0.1, 0.15) is 78.6 Å². The first kappa shape index (κ1) is 45.4. The number of amides is 4. The van der Waals surface area contributed by atoms with Crippen molar-refractivity contribution in [3.63, 3.8) is 0 Å². The molecule has 0 aliphatic carbocycles. The number of carbonyl (C=O) groups excluding carboxylic acids is 4. The van der Waals surface area contributed by atoms with Crippen LogP contribution in [0.15, 0.2) is 12.2 Å². The van der Waals surface area contributed by atoms with Gasteiger partial charge in [0.15, 0.2) is 12.6 Å². The summed E-state index contributed by atoms with van der Waals surface area (Å²) in [5, 5.41) is 70.6. The molecular weight excluding hydrogens is 688 g/mol. The number of hydrogen-bond acceptors (Lipinski definition) is 14. The molecule has 0 spiro atoms. The molecule has 2 rings (SSSR count). The van der Waals surface area contributed by atoms with Crippen LogP contribution in [0.2, 0.25) is 0 Å². The Bertz CT molecular complexity index is 1130. The van der Waals surface area contributed by atoms with Crippen LogP contribution in [0, 0.1) is 0 Å². The largest absolute Gasteiger partial charge is 0.394 e. The molecule has 11 atom stereocenters. The van der Waals surface area contributed by atoms with Gasteiger partial charge in [-0.05, 0) is 51.9 Å². The van der Waals surface area contributed by atoms with Crippen molar-refractivity contribution in [1.82, 2.24) is 21.3 Å². The average molecular weight is 749 g/mol. The minimum Gasteiger partial charge on any atom is -0.394 e. The predicted molar refractivity (Wildman–Crippen MR) is 184 cm³/mol. The van der Waals surface area contributed by atoms with Gasteiger partial charge in [-0.3, -0.25) is 19.2 Å². The van der Waals surface area contributed by atoms with Crippen molar-refractivity contribution < 1.29 is 68.8 Å². The number of aliphatic hydroxyl groups is 6. The summed E-state index contributed by atoms with van der Waals surface area (Å²) in [6, 6.07) is -2.28. The maximum Gasteiger partial charge on any atom is 0.220 e. The summed E-state index contributed by atoms with van der Waals surface area (Å²) in [4.78, 5) is 48.0. The Balaban J connectivity index is 1.60. The van der Waals surface area contributed by atoms with E-state index >= 15 is 0 Å². The smallest absolute Gasteiger partial charge is 0.220 e. The number of ether oxygens (including phenoxy) is 4. The van der Waals surface area contributed by atoms with Crippen molar-refractivity contribution >= 4 is 23.6 Å². The van der Waals surface area contributed by atoms with Crippen molar-refractivity contribution in [3.05, 3.63) is 12.2 Å². The first-order valence-electron chi connectivity index (χ1n) is 17.9. The number of hydrogen-bond donors (Lipinski definition) is 10. The molecule has 2 aliphatic heterocycles. The quantitative estimate of drug-likeness (QED) is 0.0386. The van der Waals surface area contributed by atoms with Gasteiger partial charge in [-0.1, -0.05) is 12.2 Å². The fraction of sp³-hybridized carbons (Fsp3) is 0.824. The van der Waals surface area contributed by atoms with Gasteiger partial charge in [0.05, 0.1) is 13.2 Å². The lowest BCUT2D eigenvalue weighted by Crippen LogP contribution is -2.64. The molecule has 4 amide bonds. The zero-order valence-electron chi connectivity index (χ0n) is 30.4. The Morgan fingerprint density at radius 2 is 1.13 bits per heavy atom. The molecule has 10 N–H and O–H groups in total. The number of rotatable bonds is 23. The van der Waals surface area contributed by atoms with E-state index < -0.39 is 86.3 Å². The fourth-order valence-corrected chi connectivity index (χ4v) is 5.90. The van der Waals surface area contributed by atoms with Crippen LogP contribution in [0.5, 0.6) is 0 Å². The molecule has 18 heteroatoms. The highest BCUT2D eigenvalue weighted by molar-refractivity contribution is 5.76. The van der Waals surface area contributed by atoms with Crippen LogP contribution < -0.4 is 21.3 Å². The summed E-state index contributed by atoms with van der Waals surface area (Å²) >= 11 is 0. The second kappa shape index (κ2) is 23.8. The Hall–Kier alpha value is -2.78. The summed E-state index contributed by atoms with van der Waals surface area (Å²) in [6.07, 6.45) is -5.36. The fourth-order valence-electron chi connectivity index (χ4n) is 5.90. The number of nitrogens with one attached hydrogen (secondary N) is 4. The number of aliphatic hydroxyl groups excluding tert-OH is 6. The molecule has 18 nitrogen and oxygen atoms in total. The molecule has 0 saturated carbocycles. The van der Waals surface area contributed by atoms with Gasteiger partial charge in [0.1, 0.15) is 48.7 Å². The van der Waals surface area contributed by atoms with E-state index in [0.717, 1.165) is 12.0 Å². The minimum atomic E-state index is -1.40. The van der Waals surface area contributed by atoms with Gasteiger partial charge in [-0.25, -0.2) is 0 Å². The van der Waals surface area contributed by atoms with Crippen molar-refractivity contribution in [2.24, 2.45) is 0 Å². The summed E-state index contributed by atoms with van der Waals surface area (Å²) in [6.45, 7) is 8.03.